The van der Waals surface area contributed by atoms with Crippen molar-refractivity contribution in [2.45, 2.75) is 31.8 Å². The number of carbonyl (C=O) groups excluding carboxylic acids is 2. The van der Waals surface area contributed by atoms with Crippen LogP contribution >= 0.6 is 0 Å². The number of amides is 3. The zero-order valence-corrected chi connectivity index (χ0v) is 9.33. The third-order valence-electron chi connectivity index (χ3n) is 3.74. The average Bonchev–Trinajstić information content (AvgIpc) is 2.40. The molecule has 1 spiro atoms. The molecule has 2 aliphatic heterocycles. The minimum Gasteiger partial charge on any atom is -0.323 e. The average molecular weight is 211 g/mol. The van der Waals surface area contributed by atoms with Crippen molar-refractivity contribution >= 4 is 11.9 Å². The highest BCUT2D eigenvalue weighted by Gasteiger charge is 2.53. The van der Waals surface area contributed by atoms with Crippen LogP contribution in [0.4, 0.5) is 4.79 Å². The Balaban J connectivity index is 2.27. The van der Waals surface area contributed by atoms with Crippen LogP contribution in [0.1, 0.15) is 20.3 Å². The summed E-state index contributed by atoms with van der Waals surface area (Å²) in [5.41, 5.74) is -0.678. The molecule has 0 saturated carbocycles. The number of carbonyl (C=O) groups is 2. The molecule has 0 aromatic rings. The number of nitrogens with zero attached hydrogens (tertiary/aromatic N) is 1. The Morgan fingerprint density at radius 2 is 2.07 bits per heavy atom. The molecule has 5 heteroatoms. The van der Waals surface area contributed by atoms with E-state index in [2.05, 4.69) is 22.5 Å². The van der Waals surface area contributed by atoms with Crippen LogP contribution in [0.2, 0.25) is 0 Å². The van der Waals surface area contributed by atoms with Crippen molar-refractivity contribution in [3.63, 3.8) is 0 Å². The number of piperidine rings is 1. The molecule has 2 rings (SSSR count). The Morgan fingerprint density at radius 3 is 2.60 bits per heavy atom. The van der Waals surface area contributed by atoms with Crippen LogP contribution in [-0.4, -0.2) is 42.0 Å². The Hall–Kier alpha value is -1.10. The molecule has 2 fully saturated rings. The van der Waals surface area contributed by atoms with Gasteiger partial charge in [0.15, 0.2) is 0 Å². The van der Waals surface area contributed by atoms with Crippen molar-refractivity contribution in [3.8, 4) is 0 Å². The van der Waals surface area contributed by atoms with Crippen molar-refractivity contribution in [3.05, 3.63) is 0 Å². The van der Waals surface area contributed by atoms with E-state index in [9.17, 15) is 9.59 Å². The van der Waals surface area contributed by atoms with E-state index in [0.29, 0.717) is 12.5 Å². The summed E-state index contributed by atoms with van der Waals surface area (Å²) in [6, 6.07) is -0.0473. The van der Waals surface area contributed by atoms with Crippen LogP contribution < -0.4 is 10.6 Å². The Kier molecular flexibility index (Phi) is 2.22. The van der Waals surface area contributed by atoms with E-state index in [1.165, 1.54) is 0 Å². The van der Waals surface area contributed by atoms with Gasteiger partial charge in [0.05, 0.1) is 0 Å². The molecule has 3 amide bonds. The summed E-state index contributed by atoms with van der Waals surface area (Å²) in [6.07, 6.45) is 0.683. The number of nitrogens with one attached hydrogen (secondary N) is 2. The molecule has 0 aromatic carbocycles. The van der Waals surface area contributed by atoms with Crippen LogP contribution in [-0.2, 0) is 4.79 Å². The fourth-order valence-electron chi connectivity index (χ4n) is 2.59. The molecular formula is C10H17N3O2. The molecule has 0 aliphatic carbocycles. The van der Waals surface area contributed by atoms with Crippen LogP contribution in [0.15, 0.2) is 0 Å². The van der Waals surface area contributed by atoms with Crippen molar-refractivity contribution in [1.82, 2.24) is 15.5 Å². The van der Waals surface area contributed by atoms with E-state index >= 15 is 0 Å². The lowest BCUT2D eigenvalue weighted by atomic mass is 9.76. The maximum absolute atomic E-state index is 11.8. The minimum atomic E-state index is -0.678. The summed E-state index contributed by atoms with van der Waals surface area (Å²) in [5, 5.41) is 5.13. The summed E-state index contributed by atoms with van der Waals surface area (Å²) < 4.78 is 0. The number of imide groups is 1. The molecule has 0 aromatic heterocycles. The Morgan fingerprint density at radius 1 is 1.40 bits per heavy atom. The maximum atomic E-state index is 11.8. The second-order valence-corrected chi connectivity index (χ2v) is 4.77. The SMILES string of the molecule is CC1C[C@@]2(NC(=O)NC2=O)C(C)CN1C. The van der Waals surface area contributed by atoms with Gasteiger partial charge in [-0.1, -0.05) is 6.92 Å². The van der Waals surface area contributed by atoms with E-state index in [1.54, 1.807) is 0 Å². The topological polar surface area (TPSA) is 61.4 Å². The smallest absolute Gasteiger partial charge is 0.322 e. The van der Waals surface area contributed by atoms with Crippen LogP contribution in [0.25, 0.3) is 0 Å². The van der Waals surface area contributed by atoms with Gasteiger partial charge in [-0.2, -0.15) is 0 Å². The first-order chi connectivity index (χ1) is 6.95. The van der Waals surface area contributed by atoms with E-state index < -0.39 is 5.54 Å². The molecule has 84 valence electrons. The van der Waals surface area contributed by atoms with Gasteiger partial charge in [0.2, 0.25) is 0 Å². The van der Waals surface area contributed by atoms with Gasteiger partial charge in [-0.25, -0.2) is 4.79 Å². The number of rotatable bonds is 0. The van der Waals surface area contributed by atoms with Gasteiger partial charge in [0, 0.05) is 18.5 Å². The first-order valence-electron chi connectivity index (χ1n) is 5.29. The predicted octanol–water partition coefficient (Wildman–Crippen LogP) is -0.0753. The van der Waals surface area contributed by atoms with Gasteiger partial charge < -0.3 is 10.2 Å². The number of urea groups is 1. The van der Waals surface area contributed by atoms with Gasteiger partial charge in [-0.15, -0.1) is 0 Å². The monoisotopic (exact) mass is 211 g/mol. The lowest BCUT2D eigenvalue weighted by Gasteiger charge is -2.44. The molecule has 2 saturated heterocycles. The van der Waals surface area contributed by atoms with Crippen LogP contribution in [0, 0.1) is 5.92 Å². The largest absolute Gasteiger partial charge is 0.323 e. The quantitative estimate of drug-likeness (QED) is 0.551. The van der Waals surface area contributed by atoms with Gasteiger partial charge in [-0.05, 0) is 20.4 Å². The first kappa shape index (κ1) is 10.4. The Labute approximate surface area is 89.2 Å². The summed E-state index contributed by atoms with van der Waals surface area (Å²) >= 11 is 0. The van der Waals surface area contributed by atoms with Crippen molar-refractivity contribution < 1.29 is 9.59 Å². The number of likely N-dealkylation sites (tertiary alicyclic amines) is 1. The molecule has 0 bridgehead atoms. The molecule has 5 nitrogen and oxygen atoms in total. The summed E-state index contributed by atoms with van der Waals surface area (Å²) in [7, 11) is 2.04. The summed E-state index contributed by atoms with van der Waals surface area (Å²) in [6.45, 7) is 4.91. The van der Waals surface area contributed by atoms with Crippen LogP contribution in [0.5, 0.6) is 0 Å². The number of hydrogen-bond acceptors (Lipinski definition) is 3. The minimum absolute atomic E-state index is 0.144. The van der Waals surface area contributed by atoms with Crippen molar-refractivity contribution in [1.29, 1.82) is 0 Å². The van der Waals surface area contributed by atoms with Crippen molar-refractivity contribution in [2.75, 3.05) is 13.6 Å². The molecule has 3 atom stereocenters. The second kappa shape index (κ2) is 3.20. The third kappa shape index (κ3) is 1.42. The standard InChI is InChI=1S/C10H17N3O2/c1-6-5-13(3)7(2)4-10(6)8(14)11-9(15)12-10/h6-7H,4-5H2,1-3H3,(H2,11,12,14,15)/t6?,7?,10-/m1/s1. The highest BCUT2D eigenvalue weighted by Crippen LogP contribution is 2.33. The van der Waals surface area contributed by atoms with Crippen molar-refractivity contribution in [2.24, 2.45) is 5.92 Å². The highest BCUT2D eigenvalue weighted by atomic mass is 16.2. The van der Waals surface area contributed by atoms with E-state index in [4.69, 9.17) is 0 Å². The Bertz CT molecular complexity index is 318. The van der Waals surface area contributed by atoms with Crippen LogP contribution in [0.3, 0.4) is 0 Å². The second-order valence-electron chi connectivity index (χ2n) is 4.77. The molecule has 0 radical (unpaired) electrons. The molecule has 2 heterocycles. The van der Waals surface area contributed by atoms with Gasteiger partial charge in [0.25, 0.3) is 5.91 Å². The normalized spacial score (nSPS) is 41.8. The first-order valence-corrected chi connectivity index (χ1v) is 5.29. The molecule has 15 heavy (non-hydrogen) atoms. The zero-order valence-electron chi connectivity index (χ0n) is 9.33. The molecular weight excluding hydrogens is 194 g/mol. The van der Waals surface area contributed by atoms with E-state index in [1.807, 2.05) is 14.0 Å². The fourth-order valence-corrected chi connectivity index (χ4v) is 2.59. The lowest BCUT2D eigenvalue weighted by Crippen LogP contribution is -2.62. The van der Waals surface area contributed by atoms with Gasteiger partial charge in [-0.3, -0.25) is 10.1 Å². The van der Waals surface area contributed by atoms with E-state index in [0.717, 1.165) is 6.54 Å². The predicted molar refractivity (Wildman–Crippen MR) is 55.3 cm³/mol. The lowest BCUT2D eigenvalue weighted by molar-refractivity contribution is -0.128. The summed E-state index contributed by atoms with van der Waals surface area (Å²) in [5.74, 6) is -0.0231. The van der Waals surface area contributed by atoms with Gasteiger partial charge in [0.1, 0.15) is 5.54 Å². The third-order valence-corrected chi connectivity index (χ3v) is 3.74. The van der Waals surface area contributed by atoms with E-state index in [-0.39, 0.29) is 17.9 Å². The fraction of sp³-hybridized carbons (Fsp3) is 0.800. The molecule has 2 aliphatic rings. The molecule has 2 unspecified atom stereocenters. The van der Waals surface area contributed by atoms with Gasteiger partial charge >= 0.3 is 6.03 Å². The summed E-state index contributed by atoms with van der Waals surface area (Å²) in [4.78, 5) is 25.2. The highest BCUT2D eigenvalue weighted by molar-refractivity contribution is 6.07. The number of hydrogen-bond donors (Lipinski definition) is 2. The maximum Gasteiger partial charge on any atom is 0.322 e. The zero-order chi connectivity index (χ0) is 11.2. The molecule has 2 N–H and O–H groups in total.